The van der Waals surface area contributed by atoms with Crippen LogP contribution >= 0.6 is 31.9 Å². The number of hydrogen-bond acceptors (Lipinski definition) is 12. The molecule has 4 aromatic carbocycles. The van der Waals surface area contributed by atoms with Crippen molar-refractivity contribution >= 4 is 121 Å². The third kappa shape index (κ3) is 31.4. The molecule has 4 aromatic rings. The first-order valence-corrected chi connectivity index (χ1v) is 27.7. The maximum absolute atomic E-state index is 14.1. The molecule has 0 aliphatic heterocycles. The van der Waals surface area contributed by atoms with E-state index in [1.54, 1.807) is 81.4 Å². The number of allylic oxidation sites excluding steroid dienone is 5. The van der Waals surface area contributed by atoms with Gasteiger partial charge in [0.1, 0.15) is 5.82 Å². The average molecular weight is 1310 g/mol. The fourth-order valence-electron chi connectivity index (χ4n) is 6.87. The van der Waals surface area contributed by atoms with Crippen molar-refractivity contribution in [1.29, 1.82) is 0 Å². The maximum Gasteiger partial charge on any atom is 0.307 e. The van der Waals surface area contributed by atoms with Crippen molar-refractivity contribution in [2.24, 2.45) is 23.7 Å². The quantitative estimate of drug-likeness (QED) is 0.0271. The summed E-state index contributed by atoms with van der Waals surface area (Å²) in [5.74, 6) is -10.8. The lowest BCUT2D eigenvalue weighted by Crippen LogP contribution is -2.31. The summed E-state index contributed by atoms with van der Waals surface area (Å²) in [6.07, 6.45) is 4.80. The zero-order valence-corrected chi connectivity index (χ0v) is 51.2. The molecule has 454 valence electrons. The van der Waals surface area contributed by atoms with Crippen molar-refractivity contribution in [3.05, 3.63) is 169 Å². The predicted molar refractivity (Wildman–Crippen MR) is 322 cm³/mol. The van der Waals surface area contributed by atoms with Crippen molar-refractivity contribution in [1.82, 2.24) is 21.3 Å². The number of Topliss-reactive ketones (excluding diaryl/α,β-unsaturated/α-hetero) is 4. The van der Waals surface area contributed by atoms with E-state index in [0.717, 1.165) is 25.6 Å². The molecule has 0 bridgehead atoms. The second-order valence-corrected chi connectivity index (χ2v) is 21.0. The van der Waals surface area contributed by atoms with E-state index in [2.05, 4.69) is 53.1 Å². The number of benzene rings is 4. The molecular weight excluding hydrogens is 1240 g/mol. The topological polar surface area (TPSA) is 334 Å². The maximum atomic E-state index is 14.1. The monoisotopic (exact) mass is 1300 g/mol. The molecule has 0 aliphatic rings. The van der Waals surface area contributed by atoms with Gasteiger partial charge in [-0.15, -0.1) is 0 Å². The molecule has 8 N–H and O–H groups in total. The Labute approximate surface area is 508 Å². The molecule has 4 amide bonds. The van der Waals surface area contributed by atoms with Gasteiger partial charge in [0.25, 0.3) is 0 Å². The zero-order chi connectivity index (χ0) is 64.5. The Hall–Kier alpha value is -8.83. The Morgan fingerprint density at radius 3 is 1.44 bits per heavy atom. The highest BCUT2D eigenvalue weighted by molar-refractivity contribution is 9.10. The summed E-state index contributed by atoms with van der Waals surface area (Å²) in [4.78, 5) is 137. The predicted octanol–water partition coefficient (Wildman–Crippen LogP) is 9.51. The number of carboxylic acid groups (broad SMARTS) is 4. The van der Waals surface area contributed by atoms with E-state index in [9.17, 15) is 67.0 Å². The van der Waals surface area contributed by atoms with E-state index in [1.807, 2.05) is 24.3 Å². The summed E-state index contributed by atoms with van der Waals surface area (Å²) in [6.45, 7) is 11.8. The minimum atomic E-state index is -1.09. The first-order valence-electron chi connectivity index (χ1n) is 26.1. The Balaban J connectivity index is 0.000000583. The van der Waals surface area contributed by atoms with Crippen LogP contribution in [-0.2, 0) is 64.0 Å². The van der Waals surface area contributed by atoms with Crippen LogP contribution in [0.15, 0.2) is 141 Å². The van der Waals surface area contributed by atoms with Gasteiger partial charge in [-0.2, -0.15) is 0 Å². The minimum Gasteiger partial charge on any atom is -0.481 e. The van der Waals surface area contributed by atoms with E-state index in [-0.39, 0.29) is 96.3 Å². The highest BCUT2D eigenvalue weighted by Crippen LogP contribution is 2.21. The fraction of sp³-hybridized carbons (Fsp3) is 0.290. The second kappa shape index (κ2) is 38.9. The lowest BCUT2D eigenvalue weighted by molar-refractivity contribution is -0.145. The summed E-state index contributed by atoms with van der Waals surface area (Å²) in [7, 11) is 0. The van der Waals surface area contributed by atoms with E-state index in [0.29, 0.717) is 0 Å². The first-order chi connectivity index (χ1) is 39.8. The van der Waals surface area contributed by atoms with Gasteiger partial charge < -0.3 is 41.7 Å². The second-order valence-electron chi connectivity index (χ2n) is 19.1. The smallest absolute Gasteiger partial charge is 0.307 e. The zero-order valence-electron chi connectivity index (χ0n) is 48.0. The highest BCUT2D eigenvalue weighted by atomic mass is 79.9. The van der Waals surface area contributed by atoms with Gasteiger partial charge in [0.05, 0.1) is 53.4 Å². The average Bonchev–Trinajstić information content (AvgIpc) is 3.64. The molecule has 3 atom stereocenters. The van der Waals surface area contributed by atoms with Gasteiger partial charge in [0, 0.05) is 61.0 Å². The summed E-state index contributed by atoms with van der Waals surface area (Å²) < 4.78 is 15.8. The SMILES string of the molecule is C/C=C(/NC(C)=O)C(=O)CC(C)C(=O)O.CC(=O)N/C(=C/c1ccc(Br)cc1)C(=O)CC(C)C(=O)O.CC(=O)N/C(=C/c1cccc(Br)c1)C(=O)CCC(=O)O.CC(C)C(CC(=O)/C(=C\c1ccccc1F)NC(=O)Cc1ccccc1)C(=O)O. The molecule has 0 saturated carbocycles. The van der Waals surface area contributed by atoms with Gasteiger partial charge in [-0.25, -0.2) is 4.39 Å². The van der Waals surface area contributed by atoms with Crippen LogP contribution in [0, 0.1) is 29.5 Å². The van der Waals surface area contributed by atoms with E-state index >= 15 is 0 Å². The van der Waals surface area contributed by atoms with Crippen LogP contribution in [0.4, 0.5) is 4.39 Å². The van der Waals surface area contributed by atoms with Crippen LogP contribution in [0.5, 0.6) is 0 Å². The summed E-state index contributed by atoms with van der Waals surface area (Å²) in [5.41, 5.74) is 2.57. The third-order valence-corrected chi connectivity index (χ3v) is 12.4. The summed E-state index contributed by atoms with van der Waals surface area (Å²) in [5, 5.41) is 45.2. The largest absolute Gasteiger partial charge is 0.481 e. The van der Waals surface area contributed by atoms with Crippen LogP contribution in [-0.4, -0.2) is 91.1 Å². The van der Waals surface area contributed by atoms with Crippen LogP contribution in [0.2, 0.25) is 0 Å². The molecule has 4 rings (SSSR count). The molecule has 0 heterocycles. The summed E-state index contributed by atoms with van der Waals surface area (Å²) >= 11 is 6.62. The summed E-state index contributed by atoms with van der Waals surface area (Å²) in [6, 6.07) is 29.2. The van der Waals surface area contributed by atoms with Crippen molar-refractivity contribution in [3.8, 4) is 0 Å². The molecule has 0 saturated heterocycles. The Bertz CT molecular complexity index is 3170. The minimum absolute atomic E-state index is 0.0370. The normalized spacial score (nSPS) is 12.3. The number of halogens is 3. The van der Waals surface area contributed by atoms with Crippen LogP contribution in [0.25, 0.3) is 18.2 Å². The van der Waals surface area contributed by atoms with Gasteiger partial charge in [0.15, 0.2) is 23.1 Å². The molecule has 20 nitrogen and oxygen atoms in total. The number of carbonyl (C=O) groups excluding carboxylic acids is 8. The molecule has 0 spiro atoms. The lowest BCUT2D eigenvalue weighted by Gasteiger charge is -2.17. The Morgan fingerprint density at radius 1 is 0.494 bits per heavy atom. The number of carboxylic acids is 4. The van der Waals surface area contributed by atoms with Crippen molar-refractivity contribution in [2.75, 3.05) is 0 Å². The molecule has 0 radical (unpaired) electrons. The van der Waals surface area contributed by atoms with Gasteiger partial charge in [-0.1, -0.05) is 138 Å². The molecule has 0 aliphatic carbocycles. The fourth-order valence-corrected chi connectivity index (χ4v) is 7.55. The number of amides is 4. The number of aliphatic carboxylic acids is 4. The van der Waals surface area contributed by atoms with Crippen molar-refractivity contribution in [2.45, 2.75) is 93.9 Å². The van der Waals surface area contributed by atoms with Gasteiger partial charge in [-0.3, -0.25) is 57.5 Å². The number of ketones is 4. The number of nitrogens with one attached hydrogen (secondary N) is 4. The van der Waals surface area contributed by atoms with Gasteiger partial charge in [-0.05, 0) is 78.1 Å². The molecule has 0 aromatic heterocycles. The lowest BCUT2D eigenvalue weighted by atomic mass is 9.90. The number of hydrogen-bond donors (Lipinski definition) is 8. The first kappa shape index (κ1) is 74.2. The Morgan fingerprint density at radius 2 is 0.965 bits per heavy atom. The van der Waals surface area contributed by atoms with E-state index in [1.165, 1.54) is 77.1 Å². The van der Waals surface area contributed by atoms with E-state index < -0.39 is 70.7 Å². The Kier molecular flexibility index (Phi) is 33.9. The van der Waals surface area contributed by atoms with Gasteiger partial charge >= 0.3 is 23.9 Å². The number of rotatable bonds is 26. The van der Waals surface area contributed by atoms with Crippen LogP contribution in [0.1, 0.15) is 110 Å². The molecule has 85 heavy (non-hydrogen) atoms. The van der Waals surface area contributed by atoms with Gasteiger partial charge in [0.2, 0.25) is 23.6 Å². The molecular formula is C62H69Br2FN4O16. The van der Waals surface area contributed by atoms with E-state index in [4.69, 9.17) is 15.3 Å². The third-order valence-electron chi connectivity index (χ3n) is 11.4. The highest BCUT2D eigenvalue weighted by Gasteiger charge is 2.27. The molecule has 0 fully saturated rings. The van der Waals surface area contributed by atoms with Crippen molar-refractivity contribution in [3.63, 3.8) is 0 Å². The number of carbonyl (C=O) groups is 12. The van der Waals surface area contributed by atoms with Crippen LogP contribution < -0.4 is 21.3 Å². The molecule has 23 heteroatoms. The standard InChI is InChI=1S/C23H24FNO4.C15H16BrNO4.C14H14BrNO4.C10H15NO4/c1-15(2)18(23(28)29)14-21(26)20(13-17-10-6-7-11-19(17)24)25-22(27)12-16-8-4-3-5-9-16;1-9(15(20)21)7-14(19)13(17-10(2)18)8-11-3-5-12(16)6-4-11;1-9(17)16-12(13(18)5-6-14(19)20)8-10-3-2-4-11(15)7-10;1-4-8(11-7(3)12)9(13)5-6(2)10(14)15/h3-11,13,15,18H,12,14H2,1-2H3,(H,25,27)(H,28,29);3-6,8-9H,7H2,1-2H3,(H,17,18)(H,20,21);2-4,7-8H,5-6H2,1H3,(H,16,17)(H,19,20);4,6H,5H2,1-3H3,(H,11,12)(H,14,15)/b20-13+;13-8+;12-8+;8-4+. The molecule has 3 unspecified atom stereocenters. The van der Waals surface area contributed by atoms with Crippen LogP contribution in [0.3, 0.4) is 0 Å². The van der Waals surface area contributed by atoms with Crippen molar-refractivity contribution < 1.29 is 82.4 Å².